The molecule has 1 heterocycles. The minimum atomic E-state index is -0.0739. The highest BCUT2D eigenvalue weighted by Crippen LogP contribution is 2.23. The van der Waals surface area contributed by atoms with Crippen molar-refractivity contribution >= 4 is 28.7 Å². The maximum Gasteiger partial charge on any atom is 0.298 e. The molecule has 0 radical (unpaired) electrons. The van der Waals surface area contributed by atoms with E-state index in [2.05, 4.69) is 10.3 Å². The van der Waals surface area contributed by atoms with Crippen LogP contribution in [-0.2, 0) is 4.79 Å². The fourth-order valence-corrected chi connectivity index (χ4v) is 1.83. The molecule has 102 valence electrons. The number of rotatable bonds is 5. The van der Waals surface area contributed by atoms with Crippen molar-refractivity contribution in [2.45, 2.75) is 13.3 Å². The second-order valence-electron chi connectivity index (χ2n) is 4.32. The van der Waals surface area contributed by atoms with Crippen LogP contribution in [0.1, 0.15) is 13.3 Å². The molecule has 1 aromatic heterocycles. The molecule has 2 rings (SSSR count). The van der Waals surface area contributed by atoms with Gasteiger partial charge in [-0.05, 0) is 18.6 Å². The molecule has 1 aromatic carbocycles. The van der Waals surface area contributed by atoms with Gasteiger partial charge in [0.25, 0.3) is 6.01 Å². The van der Waals surface area contributed by atoms with Gasteiger partial charge in [-0.15, -0.1) is 0 Å². The van der Waals surface area contributed by atoms with Gasteiger partial charge < -0.3 is 20.4 Å². The van der Waals surface area contributed by atoms with E-state index in [1.165, 1.54) is 0 Å². The van der Waals surface area contributed by atoms with Crippen LogP contribution in [0.5, 0.6) is 0 Å². The minimum absolute atomic E-state index is 0.0739. The van der Waals surface area contributed by atoms with E-state index in [1.54, 1.807) is 19.2 Å². The summed E-state index contributed by atoms with van der Waals surface area (Å²) in [7, 11) is 1.61. The zero-order chi connectivity index (χ0) is 13.8. The van der Waals surface area contributed by atoms with Gasteiger partial charge >= 0.3 is 0 Å². The van der Waals surface area contributed by atoms with Crippen molar-refractivity contribution in [1.29, 1.82) is 0 Å². The Balaban J connectivity index is 2.30. The van der Waals surface area contributed by atoms with Crippen molar-refractivity contribution in [3.05, 3.63) is 18.2 Å². The monoisotopic (exact) mass is 262 g/mol. The summed E-state index contributed by atoms with van der Waals surface area (Å²) in [4.78, 5) is 17.7. The summed E-state index contributed by atoms with van der Waals surface area (Å²) < 4.78 is 5.66. The highest BCUT2D eigenvalue weighted by atomic mass is 16.4. The van der Waals surface area contributed by atoms with Crippen LogP contribution in [-0.4, -0.2) is 31.0 Å². The van der Waals surface area contributed by atoms with Crippen LogP contribution >= 0.6 is 0 Å². The number of benzene rings is 1. The zero-order valence-electron chi connectivity index (χ0n) is 11.1. The first kappa shape index (κ1) is 13.2. The number of aromatic nitrogens is 1. The van der Waals surface area contributed by atoms with E-state index in [9.17, 15) is 4.79 Å². The normalized spacial score (nSPS) is 10.6. The number of nitrogen functional groups attached to an aromatic ring is 1. The molecule has 0 aliphatic rings. The Morgan fingerprint density at radius 2 is 2.32 bits per heavy atom. The number of likely N-dealkylation sites (N-methyl/N-ethyl adjacent to an activating group) is 1. The third kappa shape index (κ3) is 2.96. The highest BCUT2D eigenvalue weighted by molar-refractivity contribution is 5.82. The average molecular weight is 262 g/mol. The third-order valence-corrected chi connectivity index (χ3v) is 2.78. The lowest BCUT2D eigenvalue weighted by Gasteiger charge is -2.18. The van der Waals surface area contributed by atoms with Gasteiger partial charge in [0.05, 0.1) is 0 Å². The van der Waals surface area contributed by atoms with E-state index in [0.717, 1.165) is 11.9 Å². The number of nitrogens with two attached hydrogens (primary N) is 1. The molecule has 2 aromatic rings. The molecule has 0 aliphatic heterocycles. The molecular weight excluding hydrogens is 244 g/mol. The molecule has 0 spiro atoms. The summed E-state index contributed by atoms with van der Waals surface area (Å²) in [5, 5.41) is 2.60. The molecule has 0 atom stereocenters. The Labute approximate surface area is 111 Å². The first-order valence-electron chi connectivity index (χ1n) is 6.25. The number of amides is 1. The van der Waals surface area contributed by atoms with E-state index >= 15 is 0 Å². The van der Waals surface area contributed by atoms with E-state index in [0.29, 0.717) is 23.8 Å². The summed E-state index contributed by atoms with van der Waals surface area (Å²) >= 11 is 0. The van der Waals surface area contributed by atoms with Crippen LogP contribution in [0.15, 0.2) is 22.6 Å². The topological polar surface area (TPSA) is 84.4 Å². The number of anilines is 2. The number of nitrogens with one attached hydrogen (secondary N) is 1. The number of oxazole rings is 1. The van der Waals surface area contributed by atoms with Crippen molar-refractivity contribution in [1.82, 2.24) is 10.3 Å². The van der Waals surface area contributed by atoms with Gasteiger partial charge in [0.15, 0.2) is 5.58 Å². The van der Waals surface area contributed by atoms with Gasteiger partial charge in [0.2, 0.25) is 5.91 Å². The lowest BCUT2D eigenvalue weighted by atomic mass is 10.3. The summed E-state index contributed by atoms with van der Waals surface area (Å²) in [5.41, 5.74) is 7.70. The van der Waals surface area contributed by atoms with Crippen molar-refractivity contribution in [3.63, 3.8) is 0 Å². The number of nitrogens with zero attached hydrogens (tertiary/aromatic N) is 2. The SMILES string of the molecule is CCCN(CC(=O)NC)c1nc2ccc(N)cc2o1. The second-order valence-corrected chi connectivity index (χ2v) is 4.32. The lowest BCUT2D eigenvalue weighted by Crippen LogP contribution is -2.36. The summed E-state index contributed by atoms with van der Waals surface area (Å²) in [5.74, 6) is -0.0739. The Kier molecular flexibility index (Phi) is 3.89. The predicted octanol–water partition coefficient (Wildman–Crippen LogP) is 1.37. The molecule has 0 bridgehead atoms. The third-order valence-electron chi connectivity index (χ3n) is 2.78. The van der Waals surface area contributed by atoms with Gasteiger partial charge in [-0.3, -0.25) is 4.79 Å². The molecule has 0 saturated heterocycles. The molecule has 6 heteroatoms. The largest absolute Gasteiger partial charge is 0.423 e. The van der Waals surface area contributed by atoms with Crippen LogP contribution in [0.3, 0.4) is 0 Å². The summed E-state index contributed by atoms with van der Waals surface area (Å²) in [6.07, 6.45) is 0.901. The fraction of sp³-hybridized carbons (Fsp3) is 0.385. The van der Waals surface area contributed by atoms with Crippen LogP contribution in [0, 0.1) is 0 Å². The highest BCUT2D eigenvalue weighted by Gasteiger charge is 2.16. The van der Waals surface area contributed by atoms with Crippen molar-refractivity contribution < 1.29 is 9.21 Å². The molecule has 6 nitrogen and oxygen atoms in total. The van der Waals surface area contributed by atoms with Gasteiger partial charge in [0, 0.05) is 25.3 Å². The average Bonchev–Trinajstić information content (AvgIpc) is 2.80. The lowest BCUT2D eigenvalue weighted by molar-refractivity contribution is -0.119. The van der Waals surface area contributed by atoms with Gasteiger partial charge in [-0.1, -0.05) is 6.92 Å². The maximum absolute atomic E-state index is 11.5. The van der Waals surface area contributed by atoms with Crippen molar-refractivity contribution in [2.24, 2.45) is 0 Å². The van der Waals surface area contributed by atoms with E-state index in [4.69, 9.17) is 10.2 Å². The number of carbonyl (C=O) groups is 1. The van der Waals surface area contributed by atoms with Crippen LogP contribution in [0.2, 0.25) is 0 Å². The Hall–Kier alpha value is -2.24. The quantitative estimate of drug-likeness (QED) is 0.795. The number of hydrogen-bond donors (Lipinski definition) is 2. The first-order chi connectivity index (χ1) is 9.13. The molecule has 1 amide bonds. The Bertz CT molecular complexity index is 579. The smallest absolute Gasteiger partial charge is 0.298 e. The molecule has 19 heavy (non-hydrogen) atoms. The number of fused-ring (bicyclic) bond motifs is 1. The van der Waals surface area contributed by atoms with Gasteiger partial charge in [-0.2, -0.15) is 4.98 Å². The molecule has 0 unspecified atom stereocenters. The number of hydrogen-bond acceptors (Lipinski definition) is 5. The fourth-order valence-electron chi connectivity index (χ4n) is 1.83. The van der Waals surface area contributed by atoms with E-state index in [1.807, 2.05) is 17.9 Å². The van der Waals surface area contributed by atoms with Crippen molar-refractivity contribution in [2.75, 3.05) is 30.8 Å². The Morgan fingerprint density at radius 3 is 3.00 bits per heavy atom. The van der Waals surface area contributed by atoms with Crippen LogP contribution in [0.25, 0.3) is 11.1 Å². The second kappa shape index (κ2) is 5.60. The standard InChI is InChI=1S/C13H18N4O2/c1-3-6-17(8-12(18)15-2)13-16-10-5-4-9(14)7-11(10)19-13/h4-5,7H,3,6,8,14H2,1-2H3,(H,15,18). The minimum Gasteiger partial charge on any atom is -0.423 e. The maximum atomic E-state index is 11.5. The van der Waals surface area contributed by atoms with Gasteiger partial charge in [0.1, 0.15) is 12.1 Å². The molecular formula is C13H18N4O2. The molecule has 0 aliphatic carbocycles. The first-order valence-corrected chi connectivity index (χ1v) is 6.25. The zero-order valence-corrected chi connectivity index (χ0v) is 11.1. The van der Waals surface area contributed by atoms with Crippen LogP contribution in [0.4, 0.5) is 11.7 Å². The van der Waals surface area contributed by atoms with Crippen molar-refractivity contribution in [3.8, 4) is 0 Å². The molecule has 0 saturated carbocycles. The van der Waals surface area contributed by atoms with E-state index < -0.39 is 0 Å². The summed E-state index contributed by atoms with van der Waals surface area (Å²) in [6, 6.07) is 5.76. The van der Waals surface area contributed by atoms with E-state index in [-0.39, 0.29) is 12.5 Å². The number of carbonyl (C=O) groups excluding carboxylic acids is 1. The predicted molar refractivity (Wildman–Crippen MR) is 75.0 cm³/mol. The Morgan fingerprint density at radius 1 is 1.53 bits per heavy atom. The van der Waals surface area contributed by atoms with Crippen LogP contribution < -0.4 is 16.0 Å². The summed E-state index contributed by atoms with van der Waals surface area (Å²) in [6.45, 7) is 2.97. The van der Waals surface area contributed by atoms with Gasteiger partial charge in [-0.25, -0.2) is 0 Å². The molecule has 0 fully saturated rings. The molecule has 3 N–H and O–H groups in total.